The molecule has 2 heterocycles. The minimum absolute atomic E-state index is 0.00601. The van der Waals surface area contributed by atoms with E-state index in [1.165, 1.54) is 6.07 Å². The lowest BCUT2D eigenvalue weighted by Gasteiger charge is -2.31. The number of amides is 2. The van der Waals surface area contributed by atoms with Gasteiger partial charge in [0.05, 0.1) is 11.9 Å². The molecule has 1 saturated heterocycles. The van der Waals surface area contributed by atoms with Gasteiger partial charge in [-0.3, -0.25) is 9.59 Å². The van der Waals surface area contributed by atoms with Crippen molar-refractivity contribution in [2.45, 2.75) is 46.5 Å². The maximum atomic E-state index is 15.0. The van der Waals surface area contributed by atoms with Crippen molar-refractivity contribution < 1.29 is 14.0 Å². The van der Waals surface area contributed by atoms with Crippen LogP contribution in [0.25, 0.3) is 10.9 Å². The van der Waals surface area contributed by atoms with E-state index in [1.807, 2.05) is 13.8 Å². The molecule has 5 nitrogen and oxygen atoms in total. The van der Waals surface area contributed by atoms with Gasteiger partial charge in [0.15, 0.2) is 0 Å². The number of piperidine rings is 1. The summed E-state index contributed by atoms with van der Waals surface area (Å²) in [6, 6.07) is 1.44. The number of hydrogen-bond donors (Lipinski definition) is 2. The van der Waals surface area contributed by atoms with Crippen molar-refractivity contribution in [3.63, 3.8) is 0 Å². The number of halogens is 1. The highest BCUT2D eigenvalue weighted by Gasteiger charge is 2.25. The summed E-state index contributed by atoms with van der Waals surface area (Å²) in [5.41, 5.74) is 9.39. The van der Waals surface area contributed by atoms with Gasteiger partial charge in [0.2, 0.25) is 5.91 Å². The van der Waals surface area contributed by atoms with Crippen molar-refractivity contribution in [2.75, 3.05) is 13.1 Å². The first-order chi connectivity index (χ1) is 13.3. The topological polar surface area (TPSA) is 79.2 Å². The second-order valence-corrected chi connectivity index (χ2v) is 7.58. The molecule has 3 N–H and O–H groups in total. The third-order valence-corrected chi connectivity index (χ3v) is 5.70. The Kier molecular flexibility index (Phi) is 5.73. The predicted molar refractivity (Wildman–Crippen MR) is 107 cm³/mol. The average molecular weight is 383 g/mol. The van der Waals surface area contributed by atoms with Crippen LogP contribution in [0.15, 0.2) is 6.07 Å². The van der Waals surface area contributed by atoms with Crippen molar-refractivity contribution in [3.05, 3.63) is 34.3 Å². The van der Waals surface area contributed by atoms with E-state index in [9.17, 15) is 9.59 Å². The molecule has 0 radical (unpaired) electrons. The molecule has 1 aliphatic heterocycles. The minimum atomic E-state index is -0.481. The second-order valence-electron chi connectivity index (χ2n) is 7.58. The Labute approximate surface area is 164 Å². The molecule has 0 aliphatic carbocycles. The Morgan fingerprint density at radius 2 is 2.00 bits per heavy atom. The van der Waals surface area contributed by atoms with Gasteiger partial charge in [-0.05, 0) is 74.6 Å². The Balaban J connectivity index is 1.88. The number of aromatic nitrogens is 1. The number of aromatic amines is 1. The molecule has 0 saturated carbocycles. The van der Waals surface area contributed by atoms with Crippen LogP contribution in [-0.4, -0.2) is 34.8 Å². The molecule has 148 valence electrons. The normalized spacial score (nSPS) is 14.8. The maximum absolute atomic E-state index is 15.0. The largest absolute Gasteiger partial charge is 0.369 e. The van der Waals surface area contributed by atoms with Gasteiger partial charge in [0.1, 0.15) is 5.82 Å². The zero-order valence-corrected chi connectivity index (χ0v) is 16.6. The number of aryl methyl sites for hydroxylation is 2. The van der Waals surface area contributed by atoms with Crippen molar-refractivity contribution in [3.8, 4) is 11.8 Å². The molecule has 0 bridgehead atoms. The second kappa shape index (κ2) is 8.05. The van der Waals surface area contributed by atoms with Crippen LogP contribution in [0, 0.1) is 37.4 Å². The van der Waals surface area contributed by atoms with E-state index in [-0.39, 0.29) is 18.1 Å². The lowest BCUT2D eigenvalue weighted by Crippen LogP contribution is -2.38. The summed E-state index contributed by atoms with van der Waals surface area (Å²) < 4.78 is 15.0. The van der Waals surface area contributed by atoms with E-state index in [0.717, 1.165) is 35.0 Å². The van der Waals surface area contributed by atoms with Gasteiger partial charge in [0, 0.05) is 24.2 Å². The molecule has 3 rings (SSSR count). The fourth-order valence-electron chi connectivity index (χ4n) is 4.11. The van der Waals surface area contributed by atoms with Crippen LogP contribution in [-0.2, 0) is 22.4 Å². The Morgan fingerprint density at radius 3 is 2.61 bits per heavy atom. The molecule has 0 spiro atoms. The number of nitrogens with two attached hydrogens (primary N) is 1. The fraction of sp³-hybridized carbons (Fsp3) is 0.455. The lowest BCUT2D eigenvalue weighted by molar-refractivity contribution is -0.126. The van der Waals surface area contributed by atoms with Crippen molar-refractivity contribution in [1.82, 2.24) is 9.88 Å². The Morgan fingerprint density at radius 1 is 1.32 bits per heavy atom. The number of carbonyl (C=O) groups is 2. The summed E-state index contributed by atoms with van der Waals surface area (Å²) >= 11 is 0. The molecular weight excluding hydrogens is 357 g/mol. The van der Waals surface area contributed by atoms with Crippen LogP contribution in [0.2, 0.25) is 0 Å². The van der Waals surface area contributed by atoms with Gasteiger partial charge in [-0.25, -0.2) is 4.39 Å². The van der Waals surface area contributed by atoms with Gasteiger partial charge in [-0.1, -0.05) is 5.92 Å². The van der Waals surface area contributed by atoms with Crippen LogP contribution >= 0.6 is 0 Å². The SMILES string of the molecule is CC#CC(=O)N1CCC(Cc2c(F)cc(CC(N)=O)c3[nH]c(C)c(C)c23)CC1. The van der Waals surface area contributed by atoms with Gasteiger partial charge < -0.3 is 15.6 Å². The third-order valence-electron chi connectivity index (χ3n) is 5.70. The van der Waals surface area contributed by atoms with Crippen molar-refractivity contribution in [1.29, 1.82) is 0 Å². The number of nitrogens with one attached hydrogen (secondary N) is 1. The van der Waals surface area contributed by atoms with E-state index in [2.05, 4.69) is 16.8 Å². The average Bonchev–Trinajstić information content (AvgIpc) is 2.94. The summed E-state index contributed by atoms with van der Waals surface area (Å²) in [4.78, 5) is 28.4. The van der Waals surface area contributed by atoms with Gasteiger partial charge in [-0.2, -0.15) is 0 Å². The number of rotatable bonds is 4. The minimum Gasteiger partial charge on any atom is -0.369 e. The van der Waals surface area contributed by atoms with E-state index in [4.69, 9.17) is 5.73 Å². The quantitative estimate of drug-likeness (QED) is 0.796. The molecule has 28 heavy (non-hydrogen) atoms. The lowest BCUT2D eigenvalue weighted by atomic mass is 9.87. The molecule has 0 unspecified atom stereocenters. The summed E-state index contributed by atoms with van der Waals surface area (Å²) in [7, 11) is 0. The van der Waals surface area contributed by atoms with Crippen LogP contribution in [0.4, 0.5) is 4.39 Å². The molecular formula is C22H26FN3O2. The highest BCUT2D eigenvalue weighted by molar-refractivity contribution is 5.94. The van der Waals surface area contributed by atoms with E-state index < -0.39 is 5.91 Å². The standard InChI is InChI=1S/C22H26FN3O2/c1-4-5-20(28)26-8-6-15(7-9-26)10-17-18(23)11-16(12-19(24)27)22-21(17)13(2)14(3)25-22/h11,15,25H,6-10,12H2,1-3H3,(H2,24,27). The Bertz CT molecular complexity index is 989. The van der Waals surface area contributed by atoms with Crippen LogP contribution in [0.1, 0.15) is 42.1 Å². The molecule has 2 amide bonds. The highest BCUT2D eigenvalue weighted by atomic mass is 19.1. The monoisotopic (exact) mass is 383 g/mol. The molecule has 1 fully saturated rings. The first kappa shape index (κ1) is 19.9. The van der Waals surface area contributed by atoms with Gasteiger partial charge in [-0.15, -0.1) is 0 Å². The van der Waals surface area contributed by atoms with Crippen molar-refractivity contribution in [2.24, 2.45) is 11.7 Å². The van der Waals surface area contributed by atoms with Crippen molar-refractivity contribution >= 4 is 22.7 Å². The summed E-state index contributed by atoms with van der Waals surface area (Å²) in [6.45, 7) is 6.86. The number of carbonyl (C=O) groups excluding carboxylic acids is 2. The predicted octanol–water partition coefficient (Wildman–Crippen LogP) is 2.76. The molecule has 1 aromatic heterocycles. The van der Waals surface area contributed by atoms with Crippen LogP contribution in [0.3, 0.4) is 0 Å². The number of primary amides is 1. The zero-order chi connectivity index (χ0) is 20.4. The fourth-order valence-corrected chi connectivity index (χ4v) is 4.11. The number of likely N-dealkylation sites (tertiary alicyclic amines) is 1. The Hall–Kier alpha value is -2.81. The summed E-state index contributed by atoms with van der Waals surface area (Å²) in [5, 5.41) is 0.865. The molecule has 1 aromatic carbocycles. The number of H-pyrrole nitrogens is 1. The summed E-state index contributed by atoms with van der Waals surface area (Å²) in [6.07, 6.45) is 2.26. The molecule has 1 aliphatic rings. The maximum Gasteiger partial charge on any atom is 0.298 e. The highest BCUT2D eigenvalue weighted by Crippen LogP contribution is 2.33. The van der Waals surface area contributed by atoms with E-state index in [1.54, 1.807) is 11.8 Å². The number of fused-ring (bicyclic) bond motifs is 1. The van der Waals surface area contributed by atoms with Crippen LogP contribution in [0.5, 0.6) is 0 Å². The first-order valence-corrected chi connectivity index (χ1v) is 9.60. The van der Waals surface area contributed by atoms with Gasteiger partial charge in [0.25, 0.3) is 5.91 Å². The van der Waals surface area contributed by atoms with Gasteiger partial charge >= 0.3 is 0 Å². The van der Waals surface area contributed by atoms with E-state index in [0.29, 0.717) is 36.6 Å². The molecule has 6 heteroatoms. The van der Waals surface area contributed by atoms with E-state index >= 15 is 4.39 Å². The van der Waals surface area contributed by atoms with Crippen LogP contribution < -0.4 is 5.73 Å². The number of hydrogen-bond acceptors (Lipinski definition) is 2. The zero-order valence-electron chi connectivity index (χ0n) is 16.6. The number of benzene rings is 1. The molecule has 2 aromatic rings. The third kappa shape index (κ3) is 3.89. The molecule has 0 atom stereocenters. The summed E-state index contributed by atoms with van der Waals surface area (Å²) in [5.74, 6) is 4.61. The number of nitrogens with zero attached hydrogens (tertiary/aromatic N) is 1. The smallest absolute Gasteiger partial charge is 0.298 e. The first-order valence-electron chi connectivity index (χ1n) is 9.60.